The number of carbonyl (C=O) groups excluding carboxylic acids is 2. The van der Waals surface area contributed by atoms with E-state index in [1.165, 1.54) is 0 Å². The van der Waals surface area contributed by atoms with E-state index in [4.69, 9.17) is 15.2 Å². The molecular weight excluding hydrogens is 274 g/mol. The lowest BCUT2D eigenvalue weighted by Crippen LogP contribution is -2.38. The van der Waals surface area contributed by atoms with Gasteiger partial charge in [0.2, 0.25) is 0 Å². The Morgan fingerprint density at radius 1 is 1.33 bits per heavy atom. The minimum Gasteiger partial charge on any atom is -0.483 e. The van der Waals surface area contributed by atoms with E-state index in [1.807, 2.05) is 30.4 Å². The summed E-state index contributed by atoms with van der Waals surface area (Å²) in [5, 5.41) is 5.17. The highest BCUT2D eigenvalue weighted by Gasteiger charge is 2.10. The first kappa shape index (κ1) is 16.9. The molecule has 1 rings (SSSR count). The molecule has 0 heterocycles. The highest BCUT2D eigenvalue weighted by Crippen LogP contribution is 2.23. The first-order valence-electron chi connectivity index (χ1n) is 6.54. The van der Waals surface area contributed by atoms with Crippen molar-refractivity contribution < 1.29 is 19.1 Å². The second-order valence-corrected chi connectivity index (χ2v) is 4.43. The van der Waals surface area contributed by atoms with E-state index < -0.39 is 11.9 Å². The van der Waals surface area contributed by atoms with Gasteiger partial charge in [-0.15, -0.1) is 0 Å². The Labute approximate surface area is 123 Å². The lowest BCUT2D eigenvalue weighted by Gasteiger charge is -2.14. The second kappa shape index (κ2) is 8.93. The molecule has 1 aromatic rings. The fraction of sp³-hybridized carbons (Fsp3) is 0.429. The molecule has 0 spiro atoms. The molecule has 7 nitrogen and oxygen atoms in total. The van der Waals surface area contributed by atoms with Crippen LogP contribution in [0.25, 0.3) is 0 Å². The molecule has 0 bridgehead atoms. The number of hydrogen-bond acceptors (Lipinski definition) is 5. The molecule has 0 fully saturated rings. The SMILES string of the molecule is COCCNCc1cccc(C)c1OCC(=O)NC(N)=O. The summed E-state index contributed by atoms with van der Waals surface area (Å²) in [6, 6.07) is 4.82. The predicted octanol–water partition coefficient (Wildman–Crippen LogP) is 0.305. The summed E-state index contributed by atoms with van der Waals surface area (Å²) in [5.74, 6) is 0.0473. The minimum atomic E-state index is -0.894. The monoisotopic (exact) mass is 295 g/mol. The molecule has 3 amide bonds. The molecule has 21 heavy (non-hydrogen) atoms. The van der Waals surface area contributed by atoms with Crippen molar-refractivity contribution in [2.24, 2.45) is 5.73 Å². The molecule has 0 aliphatic heterocycles. The molecule has 0 radical (unpaired) electrons. The largest absolute Gasteiger partial charge is 0.483 e. The van der Waals surface area contributed by atoms with Crippen molar-refractivity contribution in [1.82, 2.24) is 10.6 Å². The molecule has 4 N–H and O–H groups in total. The Morgan fingerprint density at radius 3 is 2.76 bits per heavy atom. The van der Waals surface area contributed by atoms with E-state index in [9.17, 15) is 9.59 Å². The number of primary amides is 1. The van der Waals surface area contributed by atoms with Gasteiger partial charge in [0.1, 0.15) is 5.75 Å². The van der Waals surface area contributed by atoms with E-state index in [1.54, 1.807) is 7.11 Å². The zero-order chi connectivity index (χ0) is 15.7. The molecular formula is C14H21N3O4. The van der Waals surface area contributed by atoms with Crippen LogP contribution in [0.15, 0.2) is 18.2 Å². The fourth-order valence-corrected chi connectivity index (χ4v) is 1.77. The normalized spacial score (nSPS) is 10.2. The number of carbonyl (C=O) groups is 2. The Bertz CT molecular complexity index is 491. The highest BCUT2D eigenvalue weighted by molar-refractivity contribution is 5.94. The highest BCUT2D eigenvalue weighted by atomic mass is 16.5. The van der Waals surface area contributed by atoms with Gasteiger partial charge in [0.05, 0.1) is 6.61 Å². The van der Waals surface area contributed by atoms with Crippen LogP contribution >= 0.6 is 0 Å². The molecule has 0 saturated heterocycles. The quantitative estimate of drug-likeness (QED) is 0.599. The van der Waals surface area contributed by atoms with Gasteiger partial charge in [-0.1, -0.05) is 18.2 Å². The van der Waals surface area contributed by atoms with Crippen LogP contribution in [0.5, 0.6) is 5.75 Å². The first-order chi connectivity index (χ1) is 10.0. The van der Waals surface area contributed by atoms with Crippen molar-refractivity contribution in [2.75, 3.05) is 26.9 Å². The van der Waals surface area contributed by atoms with E-state index in [-0.39, 0.29) is 6.61 Å². The number of para-hydroxylation sites is 1. The molecule has 0 aliphatic rings. The zero-order valence-corrected chi connectivity index (χ0v) is 12.3. The Kier molecular flexibility index (Phi) is 7.20. The number of ether oxygens (including phenoxy) is 2. The zero-order valence-electron chi connectivity index (χ0n) is 12.3. The average Bonchev–Trinajstić information content (AvgIpc) is 2.42. The third kappa shape index (κ3) is 6.24. The van der Waals surface area contributed by atoms with Gasteiger partial charge < -0.3 is 20.5 Å². The number of aryl methyl sites for hydroxylation is 1. The van der Waals surface area contributed by atoms with Gasteiger partial charge in [-0.05, 0) is 12.5 Å². The van der Waals surface area contributed by atoms with Crippen molar-refractivity contribution in [1.29, 1.82) is 0 Å². The molecule has 0 unspecified atom stereocenters. The lowest BCUT2D eigenvalue weighted by atomic mass is 10.1. The Hall–Kier alpha value is -2.12. The van der Waals surface area contributed by atoms with Crippen LogP contribution in [-0.4, -0.2) is 38.8 Å². The van der Waals surface area contributed by atoms with E-state index in [0.717, 1.165) is 11.1 Å². The van der Waals surface area contributed by atoms with Crippen LogP contribution in [0.4, 0.5) is 4.79 Å². The van der Waals surface area contributed by atoms with Gasteiger partial charge in [0, 0.05) is 25.8 Å². The number of amides is 3. The minimum absolute atomic E-state index is 0.265. The van der Waals surface area contributed by atoms with Crippen LogP contribution in [0.3, 0.4) is 0 Å². The number of methoxy groups -OCH3 is 1. The average molecular weight is 295 g/mol. The Morgan fingerprint density at radius 2 is 2.10 bits per heavy atom. The number of nitrogens with two attached hydrogens (primary N) is 1. The van der Waals surface area contributed by atoms with E-state index in [0.29, 0.717) is 25.4 Å². The summed E-state index contributed by atoms with van der Waals surface area (Å²) in [7, 11) is 1.64. The molecule has 7 heteroatoms. The number of nitrogens with one attached hydrogen (secondary N) is 2. The van der Waals surface area contributed by atoms with Crippen LogP contribution in [0.2, 0.25) is 0 Å². The van der Waals surface area contributed by atoms with Crippen LogP contribution in [0.1, 0.15) is 11.1 Å². The lowest BCUT2D eigenvalue weighted by molar-refractivity contribution is -0.121. The van der Waals surface area contributed by atoms with Gasteiger partial charge in [0.15, 0.2) is 6.61 Å². The number of rotatable bonds is 8. The number of urea groups is 1. The second-order valence-electron chi connectivity index (χ2n) is 4.43. The van der Waals surface area contributed by atoms with Gasteiger partial charge in [-0.2, -0.15) is 0 Å². The van der Waals surface area contributed by atoms with Gasteiger partial charge in [-0.3, -0.25) is 10.1 Å². The van der Waals surface area contributed by atoms with Gasteiger partial charge in [0.25, 0.3) is 5.91 Å². The smallest absolute Gasteiger partial charge is 0.318 e. The van der Waals surface area contributed by atoms with Gasteiger partial charge >= 0.3 is 6.03 Å². The van der Waals surface area contributed by atoms with Crippen LogP contribution < -0.4 is 21.1 Å². The summed E-state index contributed by atoms with van der Waals surface area (Å²) in [6.45, 7) is 3.55. The fourth-order valence-electron chi connectivity index (χ4n) is 1.77. The maximum Gasteiger partial charge on any atom is 0.318 e. The summed E-state index contributed by atoms with van der Waals surface area (Å²) < 4.78 is 10.5. The van der Waals surface area contributed by atoms with Crippen molar-refractivity contribution in [3.63, 3.8) is 0 Å². The standard InChI is InChI=1S/C14H21N3O4/c1-10-4-3-5-11(8-16-6-7-20-2)13(10)21-9-12(18)17-14(15)19/h3-5,16H,6-9H2,1-2H3,(H3,15,17,18,19). The van der Waals surface area contributed by atoms with Crippen molar-refractivity contribution in [3.8, 4) is 5.75 Å². The number of benzene rings is 1. The molecule has 0 atom stereocenters. The molecule has 0 aromatic heterocycles. The third-order valence-electron chi connectivity index (χ3n) is 2.70. The van der Waals surface area contributed by atoms with Crippen LogP contribution in [0, 0.1) is 6.92 Å². The molecule has 116 valence electrons. The molecule has 0 aliphatic carbocycles. The van der Waals surface area contributed by atoms with Crippen molar-refractivity contribution in [3.05, 3.63) is 29.3 Å². The van der Waals surface area contributed by atoms with Gasteiger partial charge in [-0.25, -0.2) is 4.79 Å². The predicted molar refractivity (Wildman–Crippen MR) is 78.0 cm³/mol. The topological polar surface area (TPSA) is 103 Å². The van der Waals surface area contributed by atoms with Crippen molar-refractivity contribution >= 4 is 11.9 Å². The summed E-state index contributed by atoms with van der Waals surface area (Å²) >= 11 is 0. The number of imide groups is 1. The Balaban J connectivity index is 2.62. The maximum atomic E-state index is 11.4. The summed E-state index contributed by atoms with van der Waals surface area (Å²) in [4.78, 5) is 22.0. The third-order valence-corrected chi connectivity index (χ3v) is 2.70. The van der Waals surface area contributed by atoms with Crippen LogP contribution in [-0.2, 0) is 16.1 Å². The maximum absolute atomic E-state index is 11.4. The molecule has 1 aromatic carbocycles. The molecule has 0 saturated carbocycles. The van der Waals surface area contributed by atoms with Crippen molar-refractivity contribution in [2.45, 2.75) is 13.5 Å². The van der Waals surface area contributed by atoms with E-state index >= 15 is 0 Å². The number of hydrogen-bond donors (Lipinski definition) is 3. The first-order valence-corrected chi connectivity index (χ1v) is 6.54. The summed E-state index contributed by atoms with van der Waals surface area (Å²) in [6.07, 6.45) is 0. The summed E-state index contributed by atoms with van der Waals surface area (Å²) in [5.41, 5.74) is 6.71. The van der Waals surface area contributed by atoms with E-state index in [2.05, 4.69) is 5.32 Å².